The zero-order chi connectivity index (χ0) is 15.1. The van der Waals surface area contributed by atoms with Crippen molar-refractivity contribution in [1.82, 2.24) is 0 Å². The third-order valence-electron chi connectivity index (χ3n) is 3.11. The summed E-state index contributed by atoms with van der Waals surface area (Å²) in [6.07, 6.45) is 0.613. The maximum absolute atomic E-state index is 11.6. The van der Waals surface area contributed by atoms with Crippen LogP contribution in [0.1, 0.15) is 30.9 Å². The molecule has 110 valence electrons. The first-order chi connectivity index (χ1) is 10.1. The molecule has 4 heteroatoms. The molecule has 0 amide bonds. The van der Waals surface area contributed by atoms with Crippen LogP contribution in [0.5, 0.6) is 11.5 Å². The van der Waals surface area contributed by atoms with Crippen LogP contribution >= 0.6 is 0 Å². The molecule has 0 radical (unpaired) electrons. The van der Waals surface area contributed by atoms with E-state index in [2.05, 4.69) is 0 Å². The molecule has 0 bridgehead atoms. The van der Waals surface area contributed by atoms with E-state index < -0.39 is 6.10 Å². The molecule has 2 aromatic carbocycles. The Morgan fingerprint density at radius 1 is 1.05 bits per heavy atom. The van der Waals surface area contributed by atoms with Gasteiger partial charge in [0.2, 0.25) is 0 Å². The minimum Gasteiger partial charge on any atom is -0.508 e. The number of ether oxygens (including phenoxy) is 1. The van der Waals surface area contributed by atoms with Crippen LogP contribution in [0, 0.1) is 0 Å². The van der Waals surface area contributed by atoms with Gasteiger partial charge in [0.05, 0.1) is 6.10 Å². The smallest absolute Gasteiger partial charge is 0.311 e. The highest BCUT2D eigenvalue weighted by atomic mass is 16.5. The van der Waals surface area contributed by atoms with Crippen LogP contribution in [0.15, 0.2) is 54.6 Å². The predicted octanol–water partition coefficient (Wildman–Crippen LogP) is 3.20. The van der Waals surface area contributed by atoms with Gasteiger partial charge in [-0.1, -0.05) is 30.3 Å². The van der Waals surface area contributed by atoms with Gasteiger partial charge in [-0.15, -0.1) is 0 Å². The largest absolute Gasteiger partial charge is 0.508 e. The lowest BCUT2D eigenvalue weighted by Crippen LogP contribution is -2.08. The highest BCUT2D eigenvalue weighted by molar-refractivity contribution is 5.72. The van der Waals surface area contributed by atoms with Crippen molar-refractivity contribution < 1.29 is 19.7 Å². The molecule has 0 fully saturated rings. The van der Waals surface area contributed by atoms with Crippen molar-refractivity contribution in [3.63, 3.8) is 0 Å². The number of carbonyl (C=O) groups excluding carboxylic acids is 1. The Labute approximate surface area is 123 Å². The number of aliphatic hydroxyl groups excluding tert-OH is 1. The van der Waals surface area contributed by atoms with E-state index in [9.17, 15) is 15.0 Å². The van der Waals surface area contributed by atoms with Gasteiger partial charge in [0, 0.05) is 6.42 Å². The number of carbonyl (C=O) groups is 1. The Morgan fingerprint density at radius 3 is 2.38 bits per heavy atom. The van der Waals surface area contributed by atoms with Gasteiger partial charge in [-0.05, 0) is 42.7 Å². The molecule has 4 nitrogen and oxygen atoms in total. The molecular formula is C17H18O4. The second-order valence-electron chi connectivity index (χ2n) is 4.79. The SMILES string of the molecule is O=C(CCCC(O)c1ccc(O)cc1)Oc1ccccc1. The van der Waals surface area contributed by atoms with Crippen molar-refractivity contribution >= 4 is 5.97 Å². The molecule has 0 saturated carbocycles. The summed E-state index contributed by atoms with van der Waals surface area (Å²) < 4.78 is 5.16. The molecule has 21 heavy (non-hydrogen) atoms. The van der Waals surface area contributed by atoms with E-state index in [1.54, 1.807) is 36.4 Å². The van der Waals surface area contributed by atoms with E-state index >= 15 is 0 Å². The second-order valence-corrected chi connectivity index (χ2v) is 4.79. The number of hydrogen-bond donors (Lipinski definition) is 2. The molecule has 0 aliphatic heterocycles. The lowest BCUT2D eigenvalue weighted by atomic mass is 10.0. The molecule has 0 aromatic heterocycles. The van der Waals surface area contributed by atoms with E-state index in [4.69, 9.17) is 4.74 Å². The van der Waals surface area contributed by atoms with Gasteiger partial charge in [-0.3, -0.25) is 4.79 Å². The fraction of sp³-hybridized carbons (Fsp3) is 0.235. The Morgan fingerprint density at radius 2 is 1.71 bits per heavy atom. The number of aromatic hydroxyl groups is 1. The number of benzene rings is 2. The molecule has 0 heterocycles. The van der Waals surface area contributed by atoms with E-state index in [1.165, 1.54) is 12.1 Å². The minimum absolute atomic E-state index is 0.164. The van der Waals surface area contributed by atoms with Gasteiger partial charge in [-0.25, -0.2) is 0 Å². The number of rotatable bonds is 6. The van der Waals surface area contributed by atoms with Crippen LogP contribution in [0.3, 0.4) is 0 Å². The Kier molecular flexibility index (Phi) is 5.35. The van der Waals surface area contributed by atoms with Gasteiger partial charge < -0.3 is 14.9 Å². The van der Waals surface area contributed by atoms with Crippen molar-refractivity contribution in [2.24, 2.45) is 0 Å². The number of para-hydroxylation sites is 1. The van der Waals surface area contributed by atoms with Crippen LogP contribution in [0.25, 0.3) is 0 Å². The van der Waals surface area contributed by atoms with Crippen LogP contribution in [-0.4, -0.2) is 16.2 Å². The van der Waals surface area contributed by atoms with E-state index in [-0.39, 0.29) is 18.1 Å². The average Bonchev–Trinajstić information content (AvgIpc) is 2.49. The van der Waals surface area contributed by atoms with Gasteiger partial charge in [-0.2, -0.15) is 0 Å². The van der Waals surface area contributed by atoms with Crippen LogP contribution in [0.4, 0.5) is 0 Å². The fourth-order valence-electron chi connectivity index (χ4n) is 1.97. The molecule has 2 aromatic rings. The fourth-order valence-corrected chi connectivity index (χ4v) is 1.97. The second kappa shape index (κ2) is 7.45. The predicted molar refractivity (Wildman–Crippen MR) is 79.0 cm³/mol. The zero-order valence-electron chi connectivity index (χ0n) is 11.6. The van der Waals surface area contributed by atoms with Crippen LogP contribution < -0.4 is 4.74 Å². The average molecular weight is 286 g/mol. The van der Waals surface area contributed by atoms with Crippen molar-refractivity contribution in [3.05, 3.63) is 60.2 Å². The molecular weight excluding hydrogens is 268 g/mol. The summed E-state index contributed by atoms with van der Waals surface area (Å²) in [5.74, 6) is 0.387. The van der Waals surface area contributed by atoms with E-state index in [0.717, 1.165) is 5.56 Å². The number of esters is 1. The molecule has 1 unspecified atom stereocenters. The van der Waals surface area contributed by atoms with Crippen LogP contribution in [-0.2, 0) is 4.79 Å². The highest BCUT2D eigenvalue weighted by Gasteiger charge is 2.10. The first-order valence-corrected chi connectivity index (χ1v) is 6.88. The van der Waals surface area contributed by atoms with Crippen molar-refractivity contribution in [2.75, 3.05) is 0 Å². The van der Waals surface area contributed by atoms with Crippen molar-refractivity contribution in [1.29, 1.82) is 0 Å². The molecule has 1 atom stereocenters. The lowest BCUT2D eigenvalue weighted by molar-refractivity contribution is -0.134. The number of aliphatic hydroxyl groups is 1. The van der Waals surface area contributed by atoms with Crippen LogP contribution in [0.2, 0.25) is 0 Å². The summed E-state index contributed by atoms with van der Waals surface area (Å²) in [6, 6.07) is 15.3. The summed E-state index contributed by atoms with van der Waals surface area (Å²) in [7, 11) is 0. The molecule has 0 saturated heterocycles. The third kappa shape index (κ3) is 4.93. The Hall–Kier alpha value is -2.33. The first kappa shape index (κ1) is 15.1. The van der Waals surface area contributed by atoms with Crippen molar-refractivity contribution in [3.8, 4) is 11.5 Å². The number of phenols is 1. The highest BCUT2D eigenvalue weighted by Crippen LogP contribution is 2.21. The molecule has 2 rings (SSSR count). The standard InChI is InChI=1S/C17H18O4/c18-14-11-9-13(10-12-14)16(19)7-4-8-17(20)21-15-5-2-1-3-6-15/h1-3,5-6,9-12,16,18-19H,4,7-8H2. The van der Waals surface area contributed by atoms with Gasteiger partial charge >= 0.3 is 5.97 Å². The van der Waals surface area contributed by atoms with Gasteiger partial charge in [0.25, 0.3) is 0 Å². The summed E-state index contributed by atoms with van der Waals surface area (Å²) >= 11 is 0. The molecule has 0 aliphatic carbocycles. The summed E-state index contributed by atoms with van der Waals surface area (Å²) in [4.78, 5) is 11.6. The van der Waals surface area contributed by atoms with Crippen molar-refractivity contribution in [2.45, 2.75) is 25.4 Å². The molecule has 0 aliphatic rings. The Balaban J connectivity index is 1.73. The van der Waals surface area contributed by atoms with E-state index in [1.807, 2.05) is 6.07 Å². The lowest BCUT2D eigenvalue weighted by Gasteiger charge is -2.10. The maximum Gasteiger partial charge on any atom is 0.311 e. The number of phenolic OH excluding ortho intramolecular Hbond substituents is 1. The summed E-state index contributed by atoms with van der Waals surface area (Å²) in [5, 5.41) is 19.2. The molecule has 2 N–H and O–H groups in total. The summed E-state index contributed by atoms with van der Waals surface area (Å²) in [5.41, 5.74) is 0.726. The first-order valence-electron chi connectivity index (χ1n) is 6.88. The van der Waals surface area contributed by atoms with Gasteiger partial charge in [0.1, 0.15) is 11.5 Å². The zero-order valence-corrected chi connectivity index (χ0v) is 11.6. The Bertz CT molecular complexity index is 563. The number of hydrogen-bond acceptors (Lipinski definition) is 4. The monoisotopic (exact) mass is 286 g/mol. The third-order valence-corrected chi connectivity index (χ3v) is 3.11. The van der Waals surface area contributed by atoms with E-state index in [0.29, 0.717) is 18.6 Å². The normalized spacial score (nSPS) is 11.9. The maximum atomic E-state index is 11.6. The minimum atomic E-state index is -0.643. The van der Waals surface area contributed by atoms with Gasteiger partial charge in [0.15, 0.2) is 0 Å². The summed E-state index contributed by atoms with van der Waals surface area (Å²) in [6.45, 7) is 0. The quantitative estimate of drug-likeness (QED) is 0.632. The molecule has 0 spiro atoms. The topological polar surface area (TPSA) is 66.8 Å².